The molecule has 5 rings (SSSR count). The van der Waals surface area contributed by atoms with Gasteiger partial charge in [0.2, 0.25) is 5.88 Å². The first-order valence-corrected chi connectivity index (χ1v) is 10.2. The van der Waals surface area contributed by atoms with Gasteiger partial charge in [-0.25, -0.2) is 9.36 Å². The maximum absolute atomic E-state index is 13.0. The molecule has 4 aromatic rings. The first kappa shape index (κ1) is 19.0. The molecular weight excluding hydrogens is 394 g/mol. The van der Waals surface area contributed by atoms with E-state index in [2.05, 4.69) is 20.4 Å². The number of benzene rings is 1. The number of piperidine rings is 1. The lowest BCUT2D eigenvalue weighted by Crippen LogP contribution is -2.41. The lowest BCUT2D eigenvalue weighted by Gasteiger charge is -2.32. The number of likely N-dealkylation sites (tertiary alicyclic amines) is 1. The summed E-state index contributed by atoms with van der Waals surface area (Å²) < 4.78 is 9.36. The van der Waals surface area contributed by atoms with E-state index in [9.17, 15) is 4.79 Å². The molecule has 1 aliphatic rings. The minimum atomic E-state index is 0.00399. The first-order chi connectivity index (χ1) is 15.3. The number of aromatic nitrogens is 6. The predicted molar refractivity (Wildman–Crippen MR) is 112 cm³/mol. The van der Waals surface area contributed by atoms with Crippen molar-refractivity contribution < 1.29 is 9.53 Å². The molecule has 1 aliphatic heterocycles. The maximum atomic E-state index is 13.0. The van der Waals surface area contributed by atoms with E-state index < -0.39 is 0 Å². The van der Waals surface area contributed by atoms with E-state index in [4.69, 9.17) is 4.74 Å². The second kappa shape index (κ2) is 8.39. The Morgan fingerprint density at radius 3 is 2.35 bits per heavy atom. The van der Waals surface area contributed by atoms with Gasteiger partial charge in [0.25, 0.3) is 5.91 Å². The van der Waals surface area contributed by atoms with Gasteiger partial charge in [0.05, 0.1) is 5.69 Å². The molecule has 156 valence electrons. The van der Waals surface area contributed by atoms with Crippen LogP contribution in [0.5, 0.6) is 5.88 Å². The van der Waals surface area contributed by atoms with Crippen LogP contribution in [-0.2, 0) is 0 Å². The highest BCUT2D eigenvalue weighted by Gasteiger charge is 2.25. The third-order valence-electron chi connectivity index (χ3n) is 5.24. The molecule has 1 amide bonds. The number of hydrogen-bond acceptors (Lipinski definition) is 6. The molecule has 1 aromatic carbocycles. The summed E-state index contributed by atoms with van der Waals surface area (Å²) in [5, 5.41) is 16.7. The number of carbonyl (C=O) groups is 1. The van der Waals surface area contributed by atoms with Crippen LogP contribution in [0.1, 0.15) is 23.2 Å². The average molecular weight is 415 g/mol. The van der Waals surface area contributed by atoms with Gasteiger partial charge in [-0.1, -0.05) is 6.07 Å². The fourth-order valence-electron chi connectivity index (χ4n) is 3.64. The Hall–Kier alpha value is -4.01. The van der Waals surface area contributed by atoms with Crippen molar-refractivity contribution in [1.29, 1.82) is 0 Å². The van der Waals surface area contributed by atoms with Crippen molar-refractivity contribution in [2.24, 2.45) is 0 Å². The Morgan fingerprint density at radius 1 is 0.903 bits per heavy atom. The average Bonchev–Trinajstić information content (AvgIpc) is 3.54. The Morgan fingerprint density at radius 2 is 1.68 bits per heavy atom. The SMILES string of the molecule is O=C(c1cccc(-n2cccn2)c1)N1CCC(Oc2ccc(-n3cccn3)nn2)CC1. The van der Waals surface area contributed by atoms with Gasteiger partial charge in [-0.3, -0.25) is 4.79 Å². The quantitative estimate of drug-likeness (QED) is 0.498. The van der Waals surface area contributed by atoms with Crippen molar-refractivity contribution >= 4 is 5.91 Å². The number of hydrogen-bond donors (Lipinski definition) is 0. The van der Waals surface area contributed by atoms with E-state index in [1.807, 2.05) is 59.8 Å². The van der Waals surface area contributed by atoms with Crippen molar-refractivity contribution in [2.75, 3.05) is 13.1 Å². The van der Waals surface area contributed by atoms with Gasteiger partial charge in [-0.05, 0) is 36.4 Å². The third kappa shape index (κ3) is 4.16. The standard InChI is InChI=1S/C22H21N7O2/c30-22(17-4-1-5-18(16-17)28-12-2-10-23-28)27-14-8-19(9-15-27)31-21-7-6-20(25-26-21)29-13-3-11-24-29/h1-7,10-13,16,19H,8-9,14-15H2. The summed E-state index contributed by atoms with van der Waals surface area (Å²) in [6, 6.07) is 14.8. The Balaban J connectivity index is 1.18. The first-order valence-electron chi connectivity index (χ1n) is 10.2. The van der Waals surface area contributed by atoms with Crippen LogP contribution >= 0.6 is 0 Å². The number of amides is 1. The molecule has 31 heavy (non-hydrogen) atoms. The molecule has 9 heteroatoms. The summed E-state index contributed by atoms with van der Waals surface area (Å²) in [4.78, 5) is 14.8. The summed E-state index contributed by atoms with van der Waals surface area (Å²) in [5.41, 5.74) is 1.53. The van der Waals surface area contributed by atoms with Crippen molar-refractivity contribution in [2.45, 2.75) is 18.9 Å². The highest BCUT2D eigenvalue weighted by molar-refractivity contribution is 5.94. The monoisotopic (exact) mass is 415 g/mol. The Bertz CT molecular complexity index is 1130. The molecule has 0 atom stereocenters. The van der Waals surface area contributed by atoms with Gasteiger partial charge in [-0.2, -0.15) is 10.2 Å². The van der Waals surface area contributed by atoms with Gasteiger partial charge in [0.1, 0.15) is 6.10 Å². The van der Waals surface area contributed by atoms with Gasteiger partial charge in [0.15, 0.2) is 5.82 Å². The number of nitrogens with zero attached hydrogens (tertiary/aromatic N) is 7. The van der Waals surface area contributed by atoms with Crippen LogP contribution in [0, 0.1) is 0 Å². The second-order valence-corrected chi connectivity index (χ2v) is 7.29. The summed E-state index contributed by atoms with van der Waals surface area (Å²) in [5.74, 6) is 1.14. The molecule has 4 heterocycles. The molecule has 0 N–H and O–H groups in total. The molecule has 1 fully saturated rings. The summed E-state index contributed by atoms with van der Waals surface area (Å²) in [6.45, 7) is 1.27. The lowest BCUT2D eigenvalue weighted by atomic mass is 10.1. The van der Waals surface area contributed by atoms with E-state index >= 15 is 0 Å². The molecule has 3 aromatic heterocycles. The fraction of sp³-hybridized carbons (Fsp3) is 0.227. The zero-order valence-electron chi connectivity index (χ0n) is 16.8. The third-order valence-corrected chi connectivity index (χ3v) is 5.24. The molecule has 9 nitrogen and oxygen atoms in total. The van der Waals surface area contributed by atoms with E-state index in [-0.39, 0.29) is 12.0 Å². The molecule has 0 aliphatic carbocycles. The van der Waals surface area contributed by atoms with Gasteiger partial charge in [-0.15, -0.1) is 10.2 Å². The molecule has 0 unspecified atom stereocenters. The predicted octanol–water partition coefficient (Wildman–Crippen LogP) is 2.53. The number of carbonyl (C=O) groups excluding carboxylic acids is 1. The topological polar surface area (TPSA) is 91.0 Å². The maximum Gasteiger partial charge on any atom is 0.253 e. The fourth-order valence-corrected chi connectivity index (χ4v) is 3.64. The van der Waals surface area contributed by atoms with Gasteiger partial charge < -0.3 is 9.64 Å². The molecular formula is C22H21N7O2. The Kier molecular flexibility index (Phi) is 5.14. The van der Waals surface area contributed by atoms with Crippen molar-refractivity contribution in [3.05, 3.63) is 78.9 Å². The van der Waals surface area contributed by atoms with Crippen molar-refractivity contribution in [3.63, 3.8) is 0 Å². The van der Waals surface area contributed by atoms with E-state index in [0.717, 1.165) is 18.5 Å². The summed E-state index contributed by atoms with van der Waals surface area (Å²) >= 11 is 0. The van der Waals surface area contributed by atoms with Crippen LogP contribution in [-0.4, -0.2) is 59.8 Å². The second-order valence-electron chi connectivity index (χ2n) is 7.29. The summed E-state index contributed by atoms with van der Waals surface area (Å²) in [6.07, 6.45) is 8.56. The molecule has 0 bridgehead atoms. The minimum absolute atomic E-state index is 0.00399. The highest BCUT2D eigenvalue weighted by Crippen LogP contribution is 2.20. The number of rotatable bonds is 5. The zero-order valence-corrected chi connectivity index (χ0v) is 16.8. The highest BCUT2D eigenvalue weighted by atomic mass is 16.5. The molecule has 0 radical (unpaired) electrons. The zero-order chi connectivity index (χ0) is 21.0. The van der Waals surface area contributed by atoms with E-state index in [1.165, 1.54) is 0 Å². The summed E-state index contributed by atoms with van der Waals surface area (Å²) in [7, 11) is 0. The molecule has 0 saturated carbocycles. The Labute approximate surface area is 178 Å². The van der Waals surface area contributed by atoms with Crippen LogP contribution in [0.25, 0.3) is 11.5 Å². The minimum Gasteiger partial charge on any atom is -0.473 e. The number of ether oxygens (including phenoxy) is 1. The van der Waals surface area contributed by atoms with Crippen LogP contribution in [0.15, 0.2) is 73.3 Å². The van der Waals surface area contributed by atoms with E-state index in [0.29, 0.717) is 30.4 Å². The van der Waals surface area contributed by atoms with Crippen molar-refractivity contribution in [3.8, 4) is 17.4 Å². The van der Waals surface area contributed by atoms with Crippen LogP contribution < -0.4 is 4.74 Å². The normalized spacial score (nSPS) is 14.5. The van der Waals surface area contributed by atoms with Crippen LogP contribution in [0.4, 0.5) is 0 Å². The van der Waals surface area contributed by atoms with Gasteiger partial charge >= 0.3 is 0 Å². The lowest BCUT2D eigenvalue weighted by molar-refractivity contribution is 0.0586. The van der Waals surface area contributed by atoms with Crippen molar-refractivity contribution in [1.82, 2.24) is 34.7 Å². The molecule has 1 saturated heterocycles. The van der Waals surface area contributed by atoms with E-state index in [1.54, 1.807) is 27.8 Å². The molecule has 0 spiro atoms. The van der Waals surface area contributed by atoms with Crippen LogP contribution in [0.3, 0.4) is 0 Å². The largest absolute Gasteiger partial charge is 0.473 e. The van der Waals surface area contributed by atoms with Gasteiger partial charge in [0, 0.05) is 62.3 Å². The smallest absolute Gasteiger partial charge is 0.253 e. The van der Waals surface area contributed by atoms with Crippen LogP contribution in [0.2, 0.25) is 0 Å².